The van der Waals surface area contributed by atoms with Gasteiger partial charge in [-0.25, -0.2) is 0 Å². The lowest BCUT2D eigenvalue weighted by Gasteiger charge is -2.27. The summed E-state index contributed by atoms with van der Waals surface area (Å²) in [4.78, 5) is 0. The van der Waals surface area contributed by atoms with E-state index in [-0.39, 0.29) is 5.41 Å². The second-order valence-electron chi connectivity index (χ2n) is 7.17. The van der Waals surface area contributed by atoms with Crippen LogP contribution in [0.4, 0.5) is 5.69 Å². The molecule has 1 heteroatoms. The largest absolute Gasteiger partial charge is 0.381 e. The first kappa shape index (κ1) is 19.8. The first-order chi connectivity index (χ1) is 12.5. The monoisotopic (exact) mass is 345 g/mol. The molecule has 0 atom stereocenters. The molecule has 26 heavy (non-hydrogen) atoms. The minimum Gasteiger partial charge on any atom is -0.381 e. The number of nitrogens with one attached hydrogen (secondary N) is 1. The predicted molar refractivity (Wildman–Crippen MR) is 116 cm³/mol. The van der Waals surface area contributed by atoms with Crippen LogP contribution in [-0.4, -0.2) is 6.54 Å². The Kier molecular flexibility index (Phi) is 7.03. The van der Waals surface area contributed by atoms with Gasteiger partial charge in [0.15, 0.2) is 0 Å². The van der Waals surface area contributed by atoms with E-state index >= 15 is 0 Å². The van der Waals surface area contributed by atoms with E-state index in [2.05, 4.69) is 113 Å². The van der Waals surface area contributed by atoms with E-state index < -0.39 is 0 Å². The molecule has 0 amide bonds. The third kappa shape index (κ3) is 4.98. The maximum absolute atomic E-state index is 3.53. The maximum atomic E-state index is 3.53. The molecule has 1 nitrogen and oxygen atoms in total. The van der Waals surface area contributed by atoms with Gasteiger partial charge in [0.1, 0.15) is 0 Å². The van der Waals surface area contributed by atoms with E-state index in [0.717, 1.165) is 12.2 Å². The molecule has 2 aromatic carbocycles. The molecular weight excluding hydrogens is 314 g/mol. The summed E-state index contributed by atoms with van der Waals surface area (Å²) in [6.07, 6.45) is 8.74. The lowest BCUT2D eigenvalue weighted by atomic mass is 9.78. The molecule has 0 aliphatic carbocycles. The van der Waals surface area contributed by atoms with Crippen molar-refractivity contribution in [3.63, 3.8) is 0 Å². The minimum atomic E-state index is 0.104. The van der Waals surface area contributed by atoms with E-state index in [4.69, 9.17) is 0 Å². The highest BCUT2D eigenvalue weighted by molar-refractivity contribution is 5.77. The van der Waals surface area contributed by atoms with Gasteiger partial charge in [-0.15, -0.1) is 0 Å². The van der Waals surface area contributed by atoms with Gasteiger partial charge >= 0.3 is 0 Å². The molecule has 0 heterocycles. The Morgan fingerprint density at radius 2 is 1.58 bits per heavy atom. The zero-order valence-electron chi connectivity index (χ0n) is 16.7. The van der Waals surface area contributed by atoms with Gasteiger partial charge in [-0.1, -0.05) is 97.8 Å². The van der Waals surface area contributed by atoms with Crippen LogP contribution in [0.2, 0.25) is 0 Å². The summed E-state index contributed by atoms with van der Waals surface area (Å²) in [5.74, 6) is 0. The van der Waals surface area contributed by atoms with E-state index in [1.54, 1.807) is 0 Å². The average molecular weight is 346 g/mol. The van der Waals surface area contributed by atoms with Crippen LogP contribution in [0.25, 0.3) is 11.1 Å². The summed E-state index contributed by atoms with van der Waals surface area (Å²) >= 11 is 0. The van der Waals surface area contributed by atoms with Gasteiger partial charge in [0.2, 0.25) is 0 Å². The first-order valence-corrected chi connectivity index (χ1v) is 9.32. The smallest absolute Gasteiger partial charge is 0.0422 e. The number of hydrogen-bond acceptors (Lipinski definition) is 1. The molecule has 2 aromatic rings. The van der Waals surface area contributed by atoms with Crippen molar-refractivity contribution in [3.8, 4) is 11.1 Å². The van der Waals surface area contributed by atoms with Crippen molar-refractivity contribution in [2.24, 2.45) is 5.41 Å². The summed E-state index contributed by atoms with van der Waals surface area (Å²) in [5, 5.41) is 3.53. The third-order valence-corrected chi connectivity index (χ3v) is 5.31. The maximum Gasteiger partial charge on any atom is 0.0422 e. The highest BCUT2D eigenvalue weighted by atomic mass is 14.9. The van der Waals surface area contributed by atoms with Crippen LogP contribution in [0.5, 0.6) is 0 Å². The molecule has 136 valence electrons. The molecule has 0 saturated carbocycles. The summed E-state index contributed by atoms with van der Waals surface area (Å²) in [6.45, 7) is 11.9. The Hall–Kier alpha value is -2.54. The average Bonchev–Trinajstić information content (AvgIpc) is 2.67. The molecule has 0 saturated heterocycles. The Bertz CT molecular complexity index is 792. The molecule has 0 unspecified atom stereocenters. The van der Waals surface area contributed by atoms with E-state index in [9.17, 15) is 0 Å². The number of hydrogen-bond donors (Lipinski definition) is 1. The van der Waals surface area contributed by atoms with Crippen molar-refractivity contribution in [3.05, 3.63) is 90.0 Å². The SMILES string of the molecule is C/C=C(\C)C(C)(C)/C(C)=C/C=C\CNc1ccccc1-c1ccccc1. The van der Waals surface area contributed by atoms with Crippen molar-refractivity contribution in [2.75, 3.05) is 11.9 Å². The Morgan fingerprint density at radius 3 is 2.27 bits per heavy atom. The minimum absolute atomic E-state index is 0.104. The number of anilines is 1. The summed E-state index contributed by atoms with van der Waals surface area (Å²) in [6, 6.07) is 19.0. The Morgan fingerprint density at radius 1 is 0.923 bits per heavy atom. The highest BCUT2D eigenvalue weighted by Crippen LogP contribution is 2.34. The molecule has 0 aliphatic rings. The molecular formula is C25H31N. The molecule has 1 N–H and O–H groups in total. The molecule has 0 spiro atoms. The second-order valence-corrected chi connectivity index (χ2v) is 7.17. The fourth-order valence-corrected chi connectivity index (χ4v) is 2.84. The fourth-order valence-electron chi connectivity index (χ4n) is 2.84. The van der Waals surface area contributed by atoms with Crippen molar-refractivity contribution in [1.82, 2.24) is 0 Å². The Balaban J connectivity index is 2.03. The second kappa shape index (κ2) is 9.24. The molecule has 0 aromatic heterocycles. The van der Waals surface area contributed by atoms with E-state index in [1.165, 1.54) is 22.3 Å². The number of rotatable bonds is 7. The van der Waals surface area contributed by atoms with Crippen molar-refractivity contribution < 1.29 is 0 Å². The van der Waals surface area contributed by atoms with Crippen LogP contribution in [0.1, 0.15) is 34.6 Å². The topological polar surface area (TPSA) is 12.0 Å². The van der Waals surface area contributed by atoms with Gasteiger partial charge in [0.05, 0.1) is 0 Å². The quantitative estimate of drug-likeness (QED) is 0.411. The molecule has 0 aliphatic heterocycles. The zero-order chi connectivity index (χ0) is 19.0. The van der Waals surface area contributed by atoms with Gasteiger partial charge in [0.25, 0.3) is 0 Å². The Labute approximate surface area is 159 Å². The highest BCUT2D eigenvalue weighted by Gasteiger charge is 2.20. The normalized spacial score (nSPS) is 13.3. The zero-order valence-corrected chi connectivity index (χ0v) is 16.7. The molecule has 2 rings (SSSR count). The van der Waals surface area contributed by atoms with Crippen molar-refractivity contribution in [1.29, 1.82) is 0 Å². The van der Waals surface area contributed by atoms with E-state index in [0.29, 0.717) is 0 Å². The van der Waals surface area contributed by atoms with Gasteiger partial charge < -0.3 is 5.32 Å². The lowest BCUT2D eigenvalue weighted by Crippen LogP contribution is -2.14. The fraction of sp³-hybridized carbons (Fsp3) is 0.280. The van der Waals surface area contributed by atoms with Gasteiger partial charge in [0, 0.05) is 23.2 Å². The molecule has 0 bridgehead atoms. The summed E-state index contributed by atoms with van der Waals surface area (Å²) in [7, 11) is 0. The first-order valence-electron chi connectivity index (χ1n) is 9.32. The van der Waals surface area contributed by atoms with Crippen LogP contribution in [-0.2, 0) is 0 Å². The van der Waals surface area contributed by atoms with Gasteiger partial charge in [-0.3, -0.25) is 0 Å². The van der Waals surface area contributed by atoms with Crippen molar-refractivity contribution >= 4 is 5.69 Å². The number of allylic oxidation sites excluding steroid dienone is 5. The van der Waals surface area contributed by atoms with E-state index in [1.807, 2.05) is 6.07 Å². The van der Waals surface area contributed by atoms with Crippen molar-refractivity contribution in [2.45, 2.75) is 34.6 Å². The molecule has 0 fully saturated rings. The molecule has 0 radical (unpaired) electrons. The third-order valence-electron chi connectivity index (χ3n) is 5.31. The van der Waals surface area contributed by atoms with Crippen LogP contribution < -0.4 is 5.32 Å². The van der Waals surface area contributed by atoms with Gasteiger partial charge in [-0.2, -0.15) is 0 Å². The number of para-hydroxylation sites is 1. The van der Waals surface area contributed by atoms with Crippen LogP contribution in [0, 0.1) is 5.41 Å². The number of benzene rings is 2. The summed E-state index contributed by atoms with van der Waals surface area (Å²) in [5.41, 5.74) is 6.50. The summed E-state index contributed by atoms with van der Waals surface area (Å²) < 4.78 is 0. The predicted octanol–water partition coefficient (Wildman–Crippen LogP) is 7.26. The van der Waals surface area contributed by atoms with Gasteiger partial charge in [-0.05, 0) is 32.4 Å². The lowest BCUT2D eigenvalue weighted by molar-refractivity contribution is 0.537. The van der Waals surface area contributed by atoms with Crippen LogP contribution in [0.3, 0.4) is 0 Å². The van der Waals surface area contributed by atoms with Crippen LogP contribution >= 0.6 is 0 Å². The standard InChI is InChI=1S/C25H31N/c1-6-20(2)25(4,5)21(3)14-12-13-19-26-24-18-11-10-17-23(24)22-15-8-7-9-16-22/h6-18,26H,19H2,1-5H3/b13-12-,20-6+,21-14+. The van der Waals surface area contributed by atoms with Crippen LogP contribution in [0.15, 0.2) is 90.0 Å².